The average Bonchev–Trinajstić information content (AvgIpc) is 2.77. The van der Waals surface area contributed by atoms with Crippen LogP contribution in [0.2, 0.25) is 0 Å². The minimum atomic E-state index is -0.122. The van der Waals surface area contributed by atoms with Gasteiger partial charge >= 0.3 is 0 Å². The highest BCUT2D eigenvalue weighted by Crippen LogP contribution is 2.23. The van der Waals surface area contributed by atoms with E-state index in [-0.39, 0.29) is 17.1 Å². The molecule has 21 heavy (non-hydrogen) atoms. The van der Waals surface area contributed by atoms with Crippen LogP contribution >= 0.6 is 11.8 Å². The Morgan fingerprint density at radius 2 is 1.57 bits per heavy atom. The number of hydrogen-bond donors (Lipinski definition) is 0. The zero-order valence-corrected chi connectivity index (χ0v) is 15.7. The lowest BCUT2D eigenvalue weighted by atomic mass is 10.1. The highest BCUT2D eigenvalue weighted by atomic mass is 32.2. The van der Waals surface area contributed by atoms with Gasteiger partial charge in [-0.2, -0.15) is 11.8 Å². The summed E-state index contributed by atoms with van der Waals surface area (Å²) >= 11 is 1.48. The van der Waals surface area contributed by atoms with Crippen LogP contribution in [-0.4, -0.2) is 34.8 Å². The molecule has 1 atom stereocenters. The van der Waals surface area contributed by atoms with Crippen LogP contribution < -0.4 is 0 Å². The van der Waals surface area contributed by atoms with Gasteiger partial charge in [-0.15, -0.1) is 0 Å². The van der Waals surface area contributed by atoms with E-state index in [4.69, 9.17) is 0 Å². The molecular formula is C17H35NO2S. The van der Waals surface area contributed by atoms with Crippen LogP contribution in [0.3, 0.4) is 0 Å². The highest BCUT2D eigenvalue weighted by Gasteiger charge is 2.37. The molecule has 1 aliphatic rings. The van der Waals surface area contributed by atoms with Gasteiger partial charge in [0.15, 0.2) is 0 Å². The second-order valence-corrected chi connectivity index (χ2v) is 5.97. The largest absolute Gasteiger partial charge is 0.282 e. The summed E-state index contributed by atoms with van der Waals surface area (Å²) in [7, 11) is 0. The predicted molar refractivity (Wildman–Crippen MR) is 94.7 cm³/mol. The number of imide groups is 1. The molecule has 0 aromatic carbocycles. The molecule has 0 bridgehead atoms. The van der Waals surface area contributed by atoms with Crippen LogP contribution in [0.5, 0.6) is 0 Å². The molecule has 0 N–H and O–H groups in total. The number of thioether (sulfide) groups is 1. The second kappa shape index (κ2) is 15.9. The molecule has 1 fully saturated rings. The summed E-state index contributed by atoms with van der Waals surface area (Å²) in [5, 5.41) is -0.122. The topological polar surface area (TPSA) is 37.4 Å². The minimum absolute atomic E-state index is 0.0137. The zero-order valence-electron chi connectivity index (χ0n) is 14.9. The van der Waals surface area contributed by atoms with E-state index in [1.807, 2.05) is 20.1 Å². The summed E-state index contributed by atoms with van der Waals surface area (Å²) in [4.78, 5) is 24.8. The number of unbranched alkanes of at least 4 members (excludes halogenated alkanes) is 4. The quantitative estimate of drug-likeness (QED) is 0.495. The molecule has 1 heterocycles. The molecule has 0 aromatic heterocycles. The Hall–Kier alpha value is -0.510. The number of hydrogen-bond acceptors (Lipinski definition) is 3. The van der Waals surface area contributed by atoms with Gasteiger partial charge in [0.1, 0.15) is 0 Å². The van der Waals surface area contributed by atoms with Gasteiger partial charge in [-0.1, -0.05) is 66.7 Å². The molecule has 126 valence electrons. The molecule has 0 aliphatic carbocycles. The first-order chi connectivity index (χ1) is 10.1. The first kappa shape index (κ1) is 22.8. The van der Waals surface area contributed by atoms with E-state index in [9.17, 15) is 9.59 Å². The van der Waals surface area contributed by atoms with Crippen molar-refractivity contribution in [1.29, 1.82) is 0 Å². The molecular weight excluding hydrogens is 282 g/mol. The third kappa shape index (κ3) is 9.94. The third-order valence-corrected chi connectivity index (χ3v) is 3.91. The fourth-order valence-corrected chi connectivity index (χ4v) is 2.58. The molecule has 1 aliphatic heterocycles. The number of carbonyl (C=O) groups is 2. The van der Waals surface area contributed by atoms with Crippen LogP contribution in [0.25, 0.3) is 0 Å². The van der Waals surface area contributed by atoms with Gasteiger partial charge in [-0.3, -0.25) is 14.5 Å². The number of likely N-dealkylation sites (tertiary alicyclic amines) is 1. The fourth-order valence-electron chi connectivity index (χ4n) is 1.95. The molecule has 0 spiro atoms. The Labute approximate surface area is 136 Å². The lowest BCUT2D eigenvalue weighted by Crippen LogP contribution is -2.32. The van der Waals surface area contributed by atoms with E-state index in [1.54, 1.807) is 0 Å². The van der Waals surface area contributed by atoms with E-state index in [0.717, 1.165) is 12.8 Å². The van der Waals surface area contributed by atoms with Crippen molar-refractivity contribution in [3.63, 3.8) is 0 Å². The molecule has 2 amide bonds. The summed E-state index contributed by atoms with van der Waals surface area (Å²) in [6.07, 6.45) is 9.28. The summed E-state index contributed by atoms with van der Waals surface area (Å²) in [6, 6.07) is 0. The van der Waals surface area contributed by atoms with Crippen LogP contribution in [0.15, 0.2) is 0 Å². The zero-order chi connectivity index (χ0) is 16.7. The van der Waals surface area contributed by atoms with Crippen molar-refractivity contribution in [3.8, 4) is 0 Å². The molecule has 0 radical (unpaired) electrons. The van der Waals surface area contributed by atoms with Gasteiger partial charge in [0.25, 0.3) is 0 Å². The van der Waals surface area contributed by atoms with Crippen LogP contribution in [0.4, 0.5) is 0 Å². The van der Waals surface area contributed by atoms with E-state index in [2.05, 4.69) is 20.8 Å². The number of amides is 2. The predicted octanol–water partition coefficient (Wildman–Crippen LogP) is 4.89. The maximum absolute atomic E-state index is 11.8. The first-order valence-electron chi connectivity index (χ1n) is 8.49. The Bertz CT molecular complexity index is 270. The highest BCUT2D eigenvalue weighted by molar-refractivity contribution is 8.00. The fraction of sp³-hybridized carbons (Fsp3) is 0.882. The summed E-state index contributed by atoms with van der Waals surface area (Å²) in [6.45, 7) is 11.1. The van der Waals surface area contributed by atoms with Crippen molar-refractivity contribution < 1.29 is 9.59 Å². The first-order valence-corrected chi connectivity index (χ1v) is 9.78. The molecule has 4 heteroatoms. The molecule has 1 saturated heterocycles. The Kier molecular flexibility index (Phi) is 17.2. The Balaban J connectivity index is 0. The van der Waals surface area contributed by atoms with E-state index in [1.165, 1.54) is 42.3 Å². The van der Waals surface area contributed by atoms with Crippen LogP contribution in [0, 0.1) is 0 Å². The van der Waals surface area contributed by atoms with Crippen molar-refractivity contribution in [2.45, 2.75) is 84.8 Å². The van der Waals surface area contributed by atoms with Gasteiger partial charge in [-0.05, 0) is 12.7 Å². The normalized spacial score (nSPS) is 17.0. The number of rotatable bonds is 7. The Morgan fingerprint density at radius 3 is 2.00 bits per heavy atom. The molecule has 3 nitrogen and oxygen atoms in total. The smallest absolute Gasteiger partial charge is 0.242 e. The molecule has 0 aromatic rings. The van der Waals surface area contributed by atoms with Crippen molar-refractivity contribution in [3.05, 3.63) is 0 Å². The molecule has 1 rings (SSSR count). The van der Waals surface area contributed by atoms with Gasteiger partial charge in [0.2, 0.25) is 11.8 Å². The Morgan fingerprint density at radius 1 is 1.05 bits per heavy atom. The van der Waals surface area contributed by atoms with Crippen molar-refractivity contribution in [2.75, 3.05) is 12.8 Å². The SMILES string of the molecule is CC.CCC.CCCCCCCN1C(=O)CC(SC)C1=O. The van der Waals surface area contributed by atoms with Gasteiger partial charge in [-0.25, -0.2) is 0 Å². The standard InChI is InChI=1S/C12H21NO2S.C3H8.C2H6/c1-3-4-5-6-7-8-13-11(14)9-10(16-2)12(13)15;1-3-2;1-2/h10H,3-9H2,1-2H3;3H2,1-2H3;1-2H3. The lowest BCUT2D eigenvalue weighted by molar-refractivity contribution is -0.138. The lowest BCUT2D eigenvalue weighted by Gasteiger charge is -2.14. The minimum Gasteiger partial charge on any atom is -0.282 e. The number of nitrogens with zero attached hydrogens (tertiary/aromatic N) is 1. The van der Waals surface area contributed by atoms with Gasteiger partial charge < -0.3 is 0 Å². The van der Waals surface area contributed by atoms with Gasteiger partial charge in [0.05, 0.1) is 5.25 Å². The van der Waals surface area contributed by atoms with Gasteiger partial charge in [0, 0.05) is 13.0 Å². The van der Waals surface area contributed by atoms with Crippen LogP contribution in [-0.2, 0) is 9.59 Å². The average molecular weight is 318 g/mol. The summed E-state index contributed by atoms with van der Waals surface area (Å²) in [5.41, 5.74) is 0. The van der Waals surface area contributed by atoms with E-state index >= 15 is 0 Å². The summed E-state index contributed by atoms with van der Waals surface area (Å²) < 4.78 is 0. The second-order valence-electron chi connectivity index (χ2n) is 4.93. The maximum atomic E-state index is 11.8. The monoisotopic (exact) mass is 317 g/mol. The maximum Gasteiger partial charge on any atom is 0.242 e. The number of carbonyl (C=O) groups excluding carboxylic acids is 2. The van der Waals surface area contributed by atoms with Crippen molar-refractivity contribution >= 4 is 23.6 Å². The molecule has 0 saturated carbocycles. The summed E-state index contributed by atoms with van der Waals surface area (Å²) in [5.74, 6) is 0.0350. The van der Waals surface area contributed by atoms with Crippen LogP contribution in [0.1, 0.15) is 79.6 Å². The third-order valence-electron chi connectivity index (χ3n) is 2.97. The van der Waals surface area contributed by atoms with E-state index < -0.39 is 0 Å². The molecule has 1 unspecified atom stereocenters. The van der Waals surface area contributed by atoms with Crippen molar-refractivity contribution in [2.24, 2.45) is 0 Å². The van der Waals surface area contributed by atoms with Crippen molar-refractivity contribution in [1.82, 2.24) is 4.90 Å². The van der Waals surface area contributed by atoms with E-state index in [0.29, 0.717) is 13.0 Å².